The molecule has 0 bridgehead atoms. The summed E-state index contributed by atoms with van der Waals surface area (Å²) in [6.45, 7) is 7.36. The van der Waals surface area contributed by atoms with Crippen LogP contribution in [-0.2, 0) is 6.42 Å². The monoisotopic (exact) mass is 340 g/mol. The molecule has 134 valence electrons. The van der Waals surface area contributed by atoms with Gasteiger partial charge in [0.05, 0.1) is 6.61 Å². The van der Waals surface area contributed by atoms with Gasteiger partial charge in [0.2, 0.25) is 0 Å². The van der Waals surface area contributed by atoms with E-state index in [9.17, 15) is 4.79 Å². The minimum atomic E-state index is -0.0268. The van der Waals surface area contributed by atoms with E-state index in [1.807, 2.05) is 32.9 Å². The normalized spacial score (nSPS) is 11.7. The number of nitrogens with one attached hydrogen (secondary N) is 1. The van der Waals surface area contributed by atoms with E-state index in [1.54, 1.807) is 11.9 Å². The Morgan fingerprint density at radius 1 is 1.04 bits per heavy atom. The Morgan fingerprint density at radius 3 is 2.12 bits per heavy atom. The van der Waals surface area contributed by atoms with E-state index in [2.05, 4.69) is 41.7 Å². The van der Waals surface area contributed by atoms with Crippen molar-refractivity contribution in [1.29, 1.82) is 0 Å². The molecular formula is C21H28N2O2. The van der Waals surface area contributed by atoms with Crippen LogP contribution in [0.25, 0.3) is 11.1 Å². The Kier molecular flexibility index (Phi) is 6.87. The zero-order valence-corrected chi connectivity index (χ0v) is 15.6. The third kappa shape index (κ3) is 5.52. The molecule has 25 heavy (non-hydrogen) atoms. The van der Waals surface area contributed by atoms with E-state index in [4.69, 9.17) is 4.74 Å². The highest BCUT2D eigenvalue weighted by Gasteiger charge is 2.11. The summed E-state index contributed by atoms with van der Waals surface area (Å²) >= 11 is 0. The molecule has 2 rings (SSSR count). The fourth-order valence-electron chi connectivity index (χ4n) is 2.61. The lowest BCUT2D eigenvalue weighted by Gasteiger charge is -2.20. The van der Waals surface area contributed by atoms with Gasteiger partial charge >= 0.3 is 6.03 Å². The van der Waals surface area contributed by atoms with Crippen LogP contribution >= 0.6 is 0 Å². The highest BCUT2D eigenvalue weighted by atomic mass is 16.5. The maximum Gasteiger partial charge on any atom is 0.317 e. The lowest BCUT2D eigenvalue weighted by atomic mass is 10.0. The summed E-state index contributed by atoms with van der Waals surface area (Å²) in [6, 6.07) is 16.7. The van der Waals surface area contributed by atoms with Crippen molar-refractivity contribution < 1.29 is 9.53 Å². The molecule has 1 atom stereocenters. The maximum atomic E-state index is 11.9. The zero-order valence-electron chi connectivity index (χ0n) is 15.6. The average molecular weight is 340 g/mol. The van der Waals surface area contributed by atoms with Gasteiger partial charge in [-0.3, -0.25) is 0 Å². The quantitative estimate of drug-likeness (QED) is 0.814. The number of urea groups is 1. The second-order valence-electron chi connectivity index (χ2n) is 6.22. The van der Waals surface area contributed by atoms with Crippen molar-refractivity contribution in [2.45, 2.75) is 33.2 Å². The SMILES string of the molecule is CCOc1ccc(-c2ccc(CC(C)NC(=O)N(C)CC)cc2)cc1. The molecule has 1 unspecified atom stereocenters. The standard InChI is InChI=1S/C21H28N2O2/c1-5-23(4)21(24)22-16(3)15-17-7-9-18(10-8-17)19-11-13-20(14-12-19)25-6-2/h7-14,16H,5-6,15H2,1-4H3,(H,22,24). The first-order valence-corrected chi connectivity index (χ1v) is 8.87. The van der Waals surface area contributed by atoms with E-state index in [1.165, 1.54) is 16.7 Å². The molecule has 1 N–H and O–H groups in total. The first-order valence-electron chi connectivity index (χ1n) is 8.87. The molecular weight excluding hydrogens is 312 g/mol. The van der Waals surface area contributed by atoms with Gasteiger partial charge in [-0.2, -0.15) is 0 Å². The number of carbonyl (C=O) groups excluding carboxylic acids is 1. The molecule has 0 aromatic heterocycles. The molecule has 0 aliphatic carbocycles. The van der Waals surface area contributed by atoms with Gasteiger partial charge in [-0.15, -0.1) is 0 Å². The number of ether oxygens (including phenoxy) is 1. The van der Waals surface area contributed by atoms with Crippen LogP contribution in [-0.4, -0.2) is 37.2 Å². The van der Waals surface area contributed by atoms with Crippen LogP contribution < -0.4 is 10.1 Å². The Hall–Kier alpha value is -2.49. The van der Waals surface area contributed by atoms with Crippen LogP contribution in [0.2, 0.25) is 0 Å². The number of carbonyl (C=O) groups is 1. The van der Waals surface area contributed by atoms with Gasteiger partial charge in [-0.25, -0.2) is 4.79 Å². The van der Waals surface area contributed by atoms with E-state index in [0.717, 1.165) is 12.2 Å². The lowest BCUT2D eigenvalue weighted by Crippen LogP contribution is -2.42. The van der Waals surface area contributed by atoms with Crippen molar-refractivity contribution >= 4 is 6.03 Å². The molecule has 0 heterocycles. The van der Waals surface area contributed by atoms with Crippen LogP contribution in [0.1, 0.15) is 26.3 Å². The van der Waals surface area contributed by atoms with Crippen LogP contribution in [0.5, 0.6) is 5.75 Å². The summed E-state index contributed by atoms with van der Waals surface area (Å²) in [7, 11) is 1.80. The first-order chi connectivity index (χ1) is 12.0. The number of hydrogen-bond donors (Lipinski definition) is 1. The topological polar surface area (TPSA) is 41.6 Å². The third-order valence-electron chi connectivity index (χ3n) is 4.19. The van der Waals surface area contributed by atoms with Gasteiger partial charge in [0.1, 0.15) is 5.75 Å². The molecule has 4 nitrogen and oxygen atoms in total. The predicted molar refractivity (Wildman–Crippen MR) is 103 cm³/mol. The Balaban J connectivity index is 1.96. The van der Waals surface area contributed by atoms with Crippen LogP contribution in [0.15, 0.2) is 48.5 Å². The molecule has 2 aromatic carbocycles. The highest BCUT2D eigenvalue weighted by Crippen LogP contribution is 2.23. The fraction of sp³-hybridized carbons (Fsp3) is 0.381. The fourth-order valence-corrected chi connectivity index (χ4v) is 2.61. The van der Waals surface area contributed by atoms with Crippen molar-refractivity contribution in [3.05, 3.63) is 54.1 Å². The molecule has 0 aliphatic heterocycles. The van der Waals surface area contributed by atoms with Gasteiger partial charge in [-0.05, 0) is 56.0 Å². The van der Waals surface area contributed by atoms with Crippen molar-refractivity contribution in [1.82, 2.24) is 10.2 Å². The summed E-state index contributed by atoms with van der Waals surface area (Å²) < 4.78 is 5.48. The Morgan fingerprint density at radius 2 is 1.60 bits per heavy atom. The summed E-state index contributed by atoms with van der Waals surface area (Å²) in [5, 5.41) is 3.02. The van der Waals surface area contributed by atoms with Gasteiger partial charge in [-0.1, -0.05) is 36.4 Å². The summed E-state index contributed by atoms with van der Waals surface area (Å²) in [5.74, 6) is 0.893. The number of nitrogens with zero attached hydrogens (tertiary/aromatic N) is 1. The lowest BCUT2D eigenvalue weighted by molar-refractivity contribution is 0.207. The van der Waals surface area contributed by atoms with Crippen molar-refractivity contribution in [2.24, 2.45) is 0 Å². The van der Waals surface area contributed by atoms with Crippen molar-refractivity contribution in [3.8, 4) is 16.9 Å². The van der Waals surface area contributed by atoms with E-state index in [0.29, 0.717) is 13.2 Å². The zero-order chi connectivity index (χ0) is 18.2. The molecule has 2 aromatic rings. The molecule has 0 saturated carbocycles. The number of hydrogen-bond acceptors (Lipinski definition) is 2. The van der Waals surface area contributed by atoms with Gasteiger partial charge in [0.15, 0.2) is 0 Å². The third-order valence-corrected chi connectivity index (χ3v) is 4.19. The highest BCUT2D eigenvalue weighted by molar-refractivity contribution is 5.74. The van der Waals surface area contributed by atoms with E-state index < -0.39 is 0 Å². The second-order valence-corrected chi connectivity index (χ2v) is 6.22. The molecule has 4 heteroatoms. The number of rotatable bonds is 7. The summed E-state index contributed by atoms with van der Waals surface area (Å²) in [5.41, 5.74) is 3.55. The smallest absolute Gasteiger partial charge is 0.317 e. The van der Waals surface area contributed by atoms with Crippen LogP contribution in [0.3, 0.4) is 0 Å². The average Bonchev–Trinajstić information content (AvgIpc) is 2.62. The summed E-state index contributed by atoms with van der Waals surface area (Å²) in [4.78, 5) is 13.6. The molecule has 0 saturated heterocycles. The molecule has 0 aliphatic rings. The van der Waals surface area contributed by atoms with Crippen molar-refractivity contribution in [2.75, 3.05) is 20.2 Å². The van der Waals surface area contributed by atoms with Gasteiger partial charge in [0, 0.05) is 19.6 Å². The molecule has 0 fully saturated rings. The van der Waals surface area contributed by atoms with Gasteiger partial charge < -0.3 is 15.0 Å². The largest absolute Gasteiger partial charge is 0.494 e. The predicted octanol–water partition coefficient (Wildman–Crippen LogP) is 4.34. The van der Waals surface area contributed by atoms with Crippen molar-refractivity contribution in [3.63, 3.8) is 0 Å². The Labute approximate surface area is 150 Å². The first kappa shape index (κ1) is 18.8. The minimum Gasteiger partial charge on any atom is -0.494 e. The number of benzene rings is 2. The maximum absolute atomic E-state index is 11.9. The molecule has 2 amide bonds. The second kappa shape index (κ2) is 9.11. The van der Waals surface area contributed by atoms with E-state index in [-0.39, 0.29) is 12.1 Å². The molecule has 0 spiro atoms. The van der Waals surface area contributed by atoms with E-state index >= 15 is 0 Å². The van der Waals surface area contributed by atoms with Gasteiger partial charge in [0.25, 0.3) is 0 Å². The van der Waals surface area contributed by atoms with Crippen LogP contribution in [0.4, 0.5) is 4.79 Å². The molecule has 0 radical (unpaired) electrons. The number of amides is 2. The van der Waals surface area contributed by atoms with Crippen LogP contribution in [0, 0.1) is 0 Å². The minimum absolute atomic E-state index is 0.0268. The summed E-state index contributed by atoms with van der Waals surface area (Å²) in [6.07, 6.45) is 0.812. The Bertz CT molecular complexity index is 665.